The molecule has 0 bridgehead atoms. The second-order valence-electron chi connectivity index (χ2n) is 6.67. The van der Waals surface area contributed by atoms with Gasteiger partial charge in [0.15, 0.2) is 0 Å². The van der Waals surface area contributed by atoms with Crippen LogP contribution in [0.3, 0.4) is 0 Å². The smallest absolute Gasteiger partial charge is 0.124 e. The molecule has 0 saturated carbocycles. The summed E-state index contributed by atoms with van der Waals surface area (Å²) in [5.41, 5.74) is 1.14. The summed E-state index contributed by atoms with van der Waals surface area (Å²) in [6.07, 6.45) is 9.98. The fourth-order valence-corrected chi connectivity index (χ4v) is 3.61. The lowest BCUT2D eigenvalue weighted by Gasteiger charge is -2.21. The molecule has 0 radical (unpaired) electrons. The van der Waals surface area contributed by atoms with Crippen molar-refractivity contribution in [3.8, 4) is 0 Å². The van der Waals surface area contributed by atoms with E-state index in [4.69, 9.17) is 0 Å². The zero-order chi connectivity index (χ0) is 17.3. The van der Waals surface area contributed by atoms with E-state index in [1.807, 2.05) is 0 Å². The van der Waals surface area contributed by atoms with E-state index >= 15 is 0 Å². The lowest BCUT2D eigenvalue weighted by Crippen LogP contribution is -2.06. The van der Waals surface area contributed by atoms with Gasteiger partial charge >= 0.3 is 0 Å². The van der Waals surface area contributed by atoms with Gasteiger partial charge in [-0.1, -0.05) is 71.4 Å². The Balaban J connectivity index is 2.52. The van der Waals surface area contributed by atoms with Crippen LogP contribution >= 0.6 is 0 Å². The zero-order valence-corrected chi connectivity index (χ0v) is 15.6. The molecule has 1 aromatic carbocycles. The minimum Gasteiger partial charge on any atom is -0.744 e. The van der Waals surface area contributed by atoms with Gasteiger partial charge in [0.25, 0.3) is 0 Å². The summed E-state index contributed by atoms with van der Waals surface area (Å²) in [5, 5.41) is 0. The third-order valence-corrected chi connectivity index (χ3v) is 5.47. The molecule has 0 aliphatic carbocycles. The van der Waals surface area contributed by atoms with Crippen LogP contribution in [0.25, 0.3) is 0 Å². The molecule has 0 aromatic heterocycles. The number of rotatable bonds is 11. The minimum atomic E-state index is -4.34. The van der Waals surface area contributed by atoms with E-state index in [0.717, 1.165) is 18.4 Å². The molecule has 0 heterocycles. The molecule has 2 unspecified atom stereocenters. The molecule has 23 heavy (non-hydrogen) atoms. The maximum Gasteiger partial charge on any atom is 0.124 e. The van der Waals surface area contributed by atoms with Gasteiger partial charge in [0, 0.05) is 0 Å². The average molecular weight is 340 g/mol. The lowest BCUT2D eigenvalue weighted by molar-refractivity contribution is 0.412. The van der Waals surface area contributed by atoms with E-state index < -0.39 is 10.1 Å². The summed E-state index contributed by atoms with van der Waals surface area (Å²) in [4.78, 5) is -0.139. The highest BCUT2D eigenvalue weighted by Crippen LogP contribution is 2.30. The molecule has 0 spiro atoms. The van der Waals surface area contributed by atoms with Gasteiger partial charge in [-0.2, -0.15) is 0 Å². The van der Waals surface area contributed by atoms with Crippen LogP contribution in [0.15, 0.2) is 29.2 Å². The van der Waals surface area contributed by atoms with E-state index in [1.165, 1.54) is 50.7 Å². The Morgan fingerprint density at radius 2 is 1.61 bits per heavy atom. The molecule has 0 N–H and O–H groups in total. The average Bonchev–Trinajstić information content (AvgIpc) is 2.51. The van der Waals surface area contributed by atoms with Crippen LogP contribution in [0.5, 0.6) is 0 Å². The molecule has 4 heteroatoms. The highest BCUT2D eigenvalue weighted by atomic mass is 32.2. The normalized spacial score (nSPS) is 14.6. The van der Waals surface area contributed by atoms with E-state index in [2.05, 4.69) is 20.8 Å². The molecule has 0 aliphatic heterocycles. The van der Waals surface area contributed by atoms with Crippen LogP contribution in [-0.2, 0) is 10.1 Å². The Bertz CT molecular complexity index is 534. The van der Waals surface area contributed by atoms with Crippen LogP contribution in [0, 0.1) is 5.92 Å². The third kappa shape index (κ3) is 7.49. The van der Waals surface area contributed by atoms with Crippen molar-refractivity contribution in [2.75, 3.05) is 0 Å². The first-order chi connectivity index (χ1) is 10.9. The standard InChI is InChI=1S/C19H32O3S/c1-4-6-7-8-9-10-16(3)15-17(5-2)18-11-13-19(14-12-18)23(20,21)22/h11-14,16-17H,4-10,15H2,1-3H3,(H,20,21,22)/p-1. The summed E-state index contributed by atoms with van der Waals surface area (Å²) in [6, 6.07) is 6.48. The van der Waals surface area contributed by atoms with Crippen molar-refractivity contribution in [1.82, 2.24) is 0 Å². The van der Waals surface area contributed by atoms with E-state index in [-0.39, 0.29) is 4.90 Å². The number of benzene rings is 1. The number of hydrogen-bond acceptors (Lipinski definition) is 3. The molecular weight excluding hydrogens is 308 g/mol. The van der Waals surface area contributed by atoms with Crippen molar-refractivity contribution in [1.29, 1.82) is 0 Å². The van der Waals surface area contributed by atoms with Gasteiger partial charge < -0.3 is 4.55 Å². The maximum atomic E-state index is 11.0. The summed E-state index contributed by atoms with van der Waals surface area (Å²) >= 11 is 0. The van der Waals surface area contributed by atoms with Crippen LogP contribution in [-0.4, -0.2) is 13.0 Å². The van der Waals surface area contributed by atoms with Crippen molar-refractivity contribution in [3.63, 3.8) is 0 Å². The Hall–Kier alpha value is -0.870. The predicted octanol–water partition coefficient (Wildman–Crippen LogP) is 5.47. The molecular formula is C19H31O3S-. The second-order valence-corrected chi connectivity index (χ2v) is 8.05. The van der Waals surface area contributed by atoms with Crippen molar-refractivity contribution < 1.29 is 13.0 Å². The van der Waals surface area contributed by atoms with Crippen LogP contribution in [0.1, 0.15) is 83.6 Å². The fraction of sp³-hybridized carbons (Fsp3) is 0.684. The molecule has 0 amide bonds. The molecule has 0 aliphatic rings. The van der Waals surface area contributed by atoms with E-state index in [1.54, 1.807) is 12.1 Å². The van der Waals surface area contributed by atoms with Crippen LogP contribution in [0.4, 0.5) is 0 Å². The highest BCUT2D eigenvalue weighted by Gasteiger charge is 2.14. The molecule has 0 saturated heterocycles. The van der Waals surface area contributed by atoms with Gasteiger partial charge in [0.05, 0.1) is 4.90 Å². The Morgan fingerprint density at radius 3 is 2.13 bits per heavy atom. The van der Waals surface area contributed by atoms with Crippen LogP contribution < -0.4 is 0 Å². The van der Waals surface area contributed by atoms with Gasteiger partial charge in [0.2, 0.25) is 0 Å². The molecule has 2 atom stereocenters. The minimum absolute atomic E-state index is 0.139. The summed E-state index contributed by atoms with van der Waals surface area (Å²) in [6.45, 7) is 6.70. The van der Waals surface area contributed by atoms with Gasteiger partial charge in [-0.05, 0) is 42.4 Å². The summed E-state index contributed by atoms with van der Waals surface area (Å²) in [5.74, 6) is 1.11. The molecule has 0 fully saturated rings. The van der Waals surface area contributed by atoms with Gasteiger partial charge in [0.1, 0.15) is 10.1 Å². The van der Waals surface area contributed by atoms with Crippen LogP contribution in [0.2, 0.25) is 0 Å². The maximum absolute atomic E-state index is 11.0. The quantitative estimate of drug-likeness (QED) is 0.397. The van der Waals surface area contributed by atoms with Crippen molar-refractivity contribution >= 4 is 10.1 Å². The predicted molar refractivity (Wildman–Crippen MR) is 94.6 cm³/mol. The molecule has 3 nitrogen and oxygen atoms in total. The Kier molecular flexibility index (Phi) is 8.85. The topological polar surface area (TPSA) is 57.2 Å². The third-order valence-electron chi connectivity index (χ3n) is 4.62. The molecule has 132 valence electrons. The second kappa shape index (κ2) is 10.1. The Labute approximate surface area is 142 Å². The van der Waals surface area contributed by atoms with E-state index in [9.17, 15) is 13.0 Å². The van der Waals surface area contributed by atoms with Crippen molar-refractivity contribution in [2.24, 2.45) is 5.92 Å². The summed E-state index contributed by atoms with van der Waals surface area (Å²) < 4.78 is 33.0. The molecule has 1 rings (SSSR count). The van der Waals surface area contributed by atoms with Gasteiger partial charge in [-0.15, -0.1) is 0 Å². The first-order valence-electron chi connectivity index (χ1n) is 8.94. The first-order valence-corrected chi connectivity index (χ1v) is 10.3. The zero-order valence-electron chi connectivity index (χ0n) is 14.8. The van der Waals surface area contributed by atoms with Crippen molar-refractivity contribution in [2.45, 2.75) is 83.0 Å². The number of hydrogen-bond donors (Lipinski definition) is 0. The monoisotopic (exact) mass is 339 g/mol. The first kappa shape index (κ1) is 20.2. The Morgan fingerprint density at radius 1 is 1.00 bits per heavy atom. The fourth-order valence-electron chi connectivity index (χ4n) is 3.15. The lowest BCUT2D eigenvalue weighted by atomic mass is 9.85. The van der Waals surface area contributed by atoms with E-state index in [0.29, 0.717) is 11.8 Å². The van der Waals surface area contributed by atoms with Gasteiger partial charge in [-0.25, -0.2) is 8.42 Å². The number of unbranched alkanes of at least 4 members (excludes halogenated alkanes) is 4. The highest BCUT2D eigenvalue weighted by molar-refractivity contribution is 7.85. The van der Waals surface area contributed by atoms with Crippen molar-refractivity contribution in [3.05, 3.63) is 29.8 Å². The SMILES string of the molecule is CCCCCCCC(C)CC(CC)c1ccc(S(=O)(=O)[O-])cc1. The molecule has 1 aromatic rings. The largest absolute Gasteiger partial charge is 0.744 e. The summed E-state index contributed by atoms with van der Waals surface area (Å²) in [7, 11) is -4.34. The van der Waals surface area contributed by atoms with Gasteiger partial charge in [-0.3, -0.25) is 0 Å².